The summed E-state index contributed by atoms with van der Waals surface area (Å²) in [4.78, 5) is 16.0. The van der Waals surface area contributed by atoms with E-state index in [-0.39, 0.29) is 0 Å². The monoisotopic (exact) mass is 892 g/mol. The molecule has 0 spiro atoms. The molecule has 0 aliphatic carbocycles. The van der Waals surface area contributed by atoms with Gasteiger partial charge >= 0.3 is 0 Å². The number of hydrogen-bond acceptors (Lipinski definition) is 4. The molecule has 0 bridgehead atoms. The molecule has 3 aromatic heterocycles. The summed E-state index contributed by atoms with van der Waals surface area (Å²) in [6.07, 6.45) is 0. The average Bonchev–Trinajstić information content (AvgIpc) is 3.97. The predicted molar refractivity (Wildman–Crippen MR) is 289 cm³/mol. The molecule has 14 aromatic rings. The van der Waals surface area contributed by atoms with Crippen LogP contribution in [0, 0.1) is 0 Å². The molecule has 0 unspecified atom stereocenters. The summed E-state index contributed by atoms with van der Waals surface area (Å²) in [6, 6.07) is 85.9. The van der Waals surface area contributed by atoms with Crippen LogP contribution in [0.15, 0.2) is 247 Å². The van der Waals surface area contributed by atoms with Crippen molar-refractivity contribution in [1.29, 1.82) is 0 Å². The van der Waals surface area contributed by atoms with Crippen LogP contribution in [-0.2, 0) is 0 Å². The fourth-order valence-electron chi connectivity index (χ4n) is 10.5. The second kappa shape index (κ2) is 16.1. The third-order valence-electron chi connectivity index (χ3n) is 13.8. The van der Waals surface area contributed by atoms with Gasteiger partial charge in [-0.25, -0.2) is 15.0 Å². The zero-order chi connectivity index (χ0) is 46.1. The molecule has 0 saturated heterocycles. The van der Waals surface area contributed by atoms with Gasteiger partial charge in [-0.2, -0.15) is 0 Å². The van der Waals surface area contributed by atoms with Gasteiger partial charge in [0.05, 0.1) is 11.0 Å². The van der Waals surface area contributed by atoms with Crippen LogP contribution in [0.5, 0.6) is 0 Å². The van der Waals surface area contributed by atoms with Crippen LogP contribution in [0.4, 0.5) is 0 Å². The van der Waals surface area contributed by atoms with Gasteiger partial charge in [-0.3, -0.25) is 0 Å². The number of benzene rings is 11. The van der Waals surface area contributed by atoms with Gasteiger partial charge in [0.2, 0.25) is 0 Å². The number of rotatable bonds is 7. The summed E-state index contributed by atoms with van der Waals surface area (Å²) >= 11 is 0. The quantitative estimate of drug-likeness (QED) is 0.160. The number of para-hydroxylation sites is 2. The Labute approximate surface area is 403 Å². The molecule has 0 aliphatic rings. The van der Waals surface area contributed by atoms with Crippen molar-refractivity contribution in [2.75, 3.05) is 0 Å². The Kier molecular flexibility index (Phi) is 9.14. The molecule has 0 aliphatic heterocycles. The summed E-state index contributed by atoms with van der Waals surface area (Å²) in [6.45, 7) is 0. The molecule has 11 aromatic carbocycles. The fourth-order valence-corrected chi connectivity index (χ4v) is 10.5. The summed E-state index contributed by atoms with van der Waals surface area (Å²) in [5.74, 6) is 1.77. The topological polar surface area (TPSA) is 56.7 Å². The minimum absolute atomic E-state index is 0.577. The van der Waals surface area contributed by atoms with Crippen molar-refractivity contribution in [3.63, 3.8) is 0 Å². The highest BCUT2D eigenvalue weighted by Crippen LogP contribution is 2.46. The highest BCUT2D eigenvalue weighted by Gasteiger charge is 2.24. The molecule has 14 rings (SSSR count). The van der Waals surface area contributed by atoms with Crippen molar-refractivity contribution in [2.24, 2.45) is 0 Å². The van der Waals surface area contributed by atoms with Gasteiger partial charge in [0.15, 0.2) is 17.5 Å². The Hall–Kier alpha value is -9.45. The first-order chi connectivity index (χ1) is 34.7. The van der Waals surface area contributed by atoms with Gasteiger partial charge in [-0.05, 0) is 97.9 Å². The van der Waals surface area contributed by atoms with E-state index < -0.39 is 0 Å². The number of hydrogen-bond donors (Lipinski definition) is 0. The van der Waals surface area contributed by atoms with Gasteiger partial charge in [0.1, 0.15) is 11.2 Å². The van der Waals surface area contributed by atoms with Crippen molar-refractivity contribution >= 4 is 65.3 Å². The van der Waals surface area contributed by atoms with E-state index in [1.807, 2.05) is 30.3 Å². The molecule has 0 saturated carbocycles. The molecule has 0 N–H and O–H groups in total. The largest absolute Gasteiger partial charge is 0.456 e. The highest BCUT2D eigenvalue weighted by atomic mass is 16.3. The lowest BCUT2D eigenvalue weighted by molar-refractivity contribution is 0.669. The van der Waals surface area contributed by atoms with Crippen LogP contribution in [0.2, 0.25) is 0 Å². The van der Waals surface area contributed by atoms with Crippen molar-refractivity contribution in [2.45, 2.75) is 0 Å². The minimum Gasteiger partial charge on any atom is -0.456 e. The Morgan fingerprint density at radius 2 is 0.814 bits per heavy atom. The summed E-state index contributed by atoms with van der Waals surface area (Å²) in [5.41, 5.74) is 14.3. The summed E-state index contributed by atoms with van der Waals surface area (Å²) in [7, 11) is 0. The molecule has 5 heteroatoms. The molecular weight excluding hydrogens is 853 g/mol. The van der Waals surface area contributed by atoms with Crippen LogP contribution in [0.25, 0.3) is 139 Å². The second-order valence-corrected chi connectivity index (χ2v) is 17.9. The van der Waals surface area contributed by atoms with Crippen molar-refractivity contribution < 1.29 is 4.42 Å². The molecule has 70 heavy (non-hydrogen) atoms. The lowest BCUT2D eigenvalue weighted by Crippen LogP contribution is -2.02. The average molecular weight is 893 g/mol. The maximum atomic E-state index is 6.70. The van der Waals surface area contributed by atoms with Gasteiger partial charge in [0.25, 0.3) is 0 Å². The molecule has 0 fully saturated rings. The van der Waals surface area contributed by atoms with Crippen molar-refractivity contribution in [3.8, 4) is 73.2 Å². The third kappa shape index (κ3) is 6.59. The summed E-state index contributed by atoms with van der Waals surface area (Å²) in [5, 5.41) is 9.10. The standard InChI is InChI=1S/C65H40N4O/c1-3-15-41(16-4-1)42-27-29-43(30-28-42)44-31-33-46(34-32-44)64-66-63(45-17-5-2-6-18-45)67-65(68-64)53-36-35-50(69-57-25-13-11-23-52(57)55-37-47-19-7-8-20-48(47)38-58(55)69)40-56(53)61-51-22-10-9-21-49(51)39-60-62(61)54-24-12-14-26-59(54)70-60/h1-40H. The highest BCUT2D eigenvalue weighted by molar-refractivity contribution is 6.22. The number of fused-ring (bicyclic) bond motifs is 8. The number of aromatic nitrogens is 4. The molecule has 0 radical (unpaired) electrons. The normalized spacial score (nSPS) is 11.7. The summed E-state index contributed by atoms with van der Waals surface area (Å²) < 4.78 is 9.11. The van der Waals surface area contributed by atoms with E-state index in [4.69, 9.17) is 19.4 Å². The maximum Gasteiger partial charge on any atom is 0.164 e. The van der Waals surface area contributed by atoms with Gasteiger partial charge in [0, 0.05) is 49.5 Å². The molecule has 3 heterocycles. The predicted octanol–water partition coefficient (Wildman–Crippen LogP) is 17.2. The van der Waals surface area contributed by atoms with Crippen LogP contribution < -0.4 is 0 Å². The molecule has 0 atom stereocenters. The van der Waals surface area contributed by atoms with Gasteiger partial charge in [-0.15, -0.1) is 0 Å². The zero-order valence-corrected chi connectivity index (χ0v) is 37.8. The first kappa shape index (κ1) is 39.7. The van der Waals surface area contributed by atoms with E-state index >= 15 is 0 Å². The first-order valence-electron chi connectivity index (χ1n) is 23.7. The van der Waals surface area contributed by atoms with Crippen LogP contribution in [0.3, 0.4) is 0 Å². The van der Waals surface area contributed by atoms with Gasteiger partial charge < -0.3 is 8.98 Å². The van der Waals surface area contributed by atoms with E-state index in [1.54, 1.807) is 0 Å². The van der Waals surface area contributed by atoms with Crippen LogP contribution >= 0.6 is 0 Å². The smallest absolute Gasteiger partial charge is 0.164 e. The SMILES string of the molecule is c1ccc(-c2ccc(-c3ccc(-c4nc(-c5ccccc5)nc(-c5ccc(-n6c7ccccc7c7cc8ccccc8cc76)cc5-c5c6ccccc6cc6oc7ccccc7c56)n4)cc3)cc2)cc1. The first-order valence-corrected chi connectivity index (χ1v) is 23.7. The lowest BCUT2D eigenvalue weighted by Gasteiger charge is -2.18. The molecule has 5 nitrogen and oxygen atoms in total. The Balaban J connectivity index is 1.01. The number of furan rings is 1. The Bertz CT molecular complexity index is 4330. The molecular formula is C65H40N4O. The minimum atomic E-state index is 0.577. The van der Waals surface area contributed by atoms with Crippen molar-refractivity contribution in [3.05, 3.63) is 243 Å². The zero-order valence-electron chi connectivity index (χ0n) is 37.8. The molecule has 0 amide bonds. The molecule has 326 valence electrons. The lowest BCUT2D eigenvalue weighted by atomic mass is 9.90. The van der Waals surface area contributed by atoms with E-state index in [0.29, 0.717) is 17.5 Å². The third-order valence-corrected chi connectivity index (χ3v) is 13.8. The van der Waals surface area contributed by atoms with E-state index in [1.165, 1.54) is 32.7 Å². The van der Waals surface area contributed by atoms with E-state index in [2.05, 4.69) is 217 Å². The fraction of sp³-hybridized carbons (Fsp3) is 0. The maximum absolute atomic E-state index is 6.70. The van der Waals surface area contributed by atoms with Crippen LogP contribution in [0.1, 0.15) is 0 Å². The Morgan fingerprint density at radius 1 is 0.300 bits per heavy atom. The Morgan fingerprint density at radius 3 is 1.51 bits per heavy atom. The second-order valence-electron chi connectivity index (χ2n) is 17.9. The number of nitrogens with zero attached hydrogens (tertiary/aromatic N) is 4. The van der Waals surface area contributed by atoms with E-state index in [9.17, 15) is 0 Å². The van der Waals surface area contributed by atoms with Crippen LogP contribution in [-0.4, -0.2) is 19.5 Å². The van der Waals surface area contributed by atoms with E-state index in [0.717, 1.165) is 88.4 Å². The van der Waals surface area contributed by atoms with Gasteiger partial charge in [-0.1, -0.05) is 194 Å². The van der Waals surface area contributed by atoms with Crippen molar-refractivity contribution in [1.82, 2.24) is 19.5 Å².